The lowest BCUT2D eigenvalue weighted by Crippen LogP contribution is -2.37. The van der Waals surface area contributed by atoms with Gasteiger partial charge in [-0.1, -0.05) is 6.92 Å². The van der Waals surface area contributed by atoms with Crippen molar-refractivity contribution in [2.45, 2.75) is 32.9 Å². The van der Waals surface area contributed by atoms with Crippen molar-refractivity contribution in [1.29, 1.82) is 0 Å². The van der Waals surface area contributed by atoms with Gasteiger partial charge in [0.15, 0.2) is 5.13 Å². The number of rotatable bonds is 6. The van der Waals surface area contributed by atoms with Crippen molar-refractivity contribution >= 4 is 28.3 Å². The quantitative estimate of drug-likeness (QED) is 0.817. The van der Waals surface area contributed by atoms with Crippen molar-refractivity contribution in [3.05, 3.63) is 11.1 Å². The molecule has 0 aliphatic rings. The van der Waals surface area contributed by atoms with E-state index in [4.69, 9.17) is 5.11 Å². The average Bonchev–Trinajstić information content (AvgIpc) is 2.64. The summed E-state index contributed by atoms with van der Waals surface area (Å²) in [5.41, 5.74) is 0.756. The number of carbonyl (C=O) groups excluding carboxylic acids is 1. The van der Waals surface area contributed by atoms with Crippen molar-refractivity contribution in [3.63, 3.8) is 0 Å². The molecule has 1 rings (SSSR count). The summed E-state index contributed by atoms with van der Waals surface area (Å²) in [6, 6.07) is -0.518. The number of carboxylic acids is 1. The fourth-order valence-electron chi connectivity index (χ4n) is 1.63. The van der Waals surface area contributed by atoms with Crippen molar-refractivity contribution in [3.8, 4) is 0 Å². The van der Waals surface area contributed by atoms with Gasteiger partial charge in [0, 0.05) is 18.8 Å². The molecule has 0 aliphatic heterocycles. The van der Waals surface area contributed by atoms with Gasteiger partial charge in [0.1, 0.15) is 6.04 Å². The zero-order chi connectivity index (χ0) is 13.7. The summed E-state index contributed by atoms with van der Waals surface area (Å²) in [5.74, 6) is -1.00. The molecular formula is C11H17N3O3S. The first-order valence-electron chi connectivity index (χ1n) is 5.59. The molecule has 0 aliphatic carbocycles. The van der Waals surface area contributed by atoms with E-state index in [2.05, 4.69) is 10.3 Å². The van der Waals surface area contributed by atoms with E-state index in [1.165, 1.54) is 18.3 Å². The molecule has 1 amide bonds. The second kappa shape index (κ2) is 6.46. The molecule has 0 spiro atoms. The molecule has 2 N–H and O–H groups in total. The number of amides is 1. The van der Waals surface area contributed by atoms with Crippen LogP contribution in [-0.2, 0) is 16.1 Å². The van der Waals surface area contributed by atoms with Gasteiger partial charge in [-0.3, -0.25) is 14.5 Å². The number of hydrogen-bond acceptors (Lipinski definition) is 5. The fraction of sp³-hybridized carbons (Fsp3) is 0.545. The Labute approximate surface area is 110 Å². The molecule has 1 heterocycles. The highest BCUT2D eigenvalue weighted by Crippen LogP contribution is 2.17. The molecular weight excluding hydrogens is 254 g/mol. The Bertz CT molecular complexity index is 433. The molecule has 0 aromatic carbocycles. The Morgan fingerprint density at radius 1 is 1.61 bits per heavy atom. The van der Waals surface area contributed by atoms with E-state index in [1.807, 2.05) is 12.3 Å². The van der Waals surface area contributed by atoms with Gasteiger partial charge in [0.05, 0.1) is 5.69 Å². The second-order valence-corrected chi connectivity index (χ2v) is 4.86. The normalized spacial score (nSPS) is 12.4. The summed E-state index contributed by atoms with van der Waals surface area (Å²) in [5, 5.41) is 14.0. The predicted molar refractivity (Wildman–Crippen MR) is 69.6 cm³/mol. The Kier molecular flexibility index (Phi) is 5.24. The zero-order valence-corrected chi connectivity index (χ0v) is 11.5. The topological polar surface area (TPSA) is 82.5 Å². The molecule has 1 atom stereocenters. The van der Waals surface area contributed by atoms with Crippen molar-refractivity contribution in [2.24, 2.45) is 0 Å². The summed E-state index contributed by atoms with van der Waals surface area (Å²) < 4.78 is 0. The van der Waals surface area contributed by atoms with Crippen LogP contribution in [0.25, 0.3) is 0 Å². The van der Waals surface area contributed by atoms with Crippen molar-refractivity contribution in [2.75, 3.05) is 12.4 Å². The van der Waals surface area contributed by atoms with Crippen LogP contribution in [0.15, 0.2) is 5.38 Å². The van der Waals surface area contributed by atoms with E-state index in [-0.39, 0.29) is 5.91 Å². The standard InChI is InChI=1S/C11H17N3O3S/c1-4-9(10(16)17)14(3)5-8-6-18-11(13-8)12-7(2)15/h6,9H,4-5H2,1-3H3,(H,16,17)(H,12,13,15). The van der Waals surface area contributed by atoms with Crippen LogP contribution in [0.3, 0.4) is 0 Å². The van der Waals surface area contributed by atoms with Crippen LogP contribution in [0.1, 0.15) is 26.0 Å². The van der Waals surface area contributed by atoms with Gasteiger partial charge in [-0.2, -0.15) is 0 Å². The lowest BCUT2D eigenvalue weighted by Gasteiger charge is -2.22. The van der Waals surface area contributed by atoms with Gasteiger partial charge in [-0.25, -0.2) is 4.98 Å². The maximum atomic E-state index is 11.0. The van der Waals surface area contributed by atoms with E-state index in [0.717, 1.165) is 5.69 Å². The minimum absolute atomic E-state index is 0.166. The van der Waals surface area contributed by atoms with Gasteiger partial charge >= 0.3 is 5.97 Å². The number of hydrogen-bond donors (Lipinski definition) is 2. The molecule has 1 aromatic rings. The minimum Gasteiger partial charge on any atom is -0.480 e. The lowest BCUT2D eigenvalue weighted by molar-refractivity contribution is -0.143. The van der Waals surface area contributed by atoms with Crippen molar-refractivity contribution < 1.29 is 14.7 Å². The van der Waals surface area contributed by atoms with Crippen LogP contribution >= 0.6 is 11.3 Å². The minimum atomic E-state index is -0.836. The van der Waals surface area contributed by atoms with Gasteiger partial charge in [-0.05, 0) is 13.5 Å². The highest BCUT2D eigenvalue weighted by Gasteiger charge is 2.21. The highest BCUT2D eigenvalue weighted by atomic mass is 32.1. The van der Waals surface area contributed by atoms with Crippen LogP contribution in [0.5, 0.6) is 0 Å². The molecule has 100 valence electrons. The van der Waals surface area contributed by atoms with Crippen molar-refractivity contribution in [1.82, 2.24) is 9.88 Å². The maximum absolute atomic E-state index is 11.0. The number of aromatic nitrogens is 1. The first-order chi connectivity index (χ1) is 8.43. The summed E-state index contributed by atoms with van der Waals surface area (Å²) in [6.07, 6.45) is 0.536. The molecule has 1 aromatic heterocycles. The molecule has 1 unspecified atom stereocenters. The molecule has 6 nitrogen and oxygen atoms in total. The number of nitrogens with zero attached hydrogens (tertiary/aromatic N) is 2. The first kappa shape index (κ1) is 14.6. The van der Waals surface area contributed by atoms with Crippen LogP contribution < -0.4 is 5.32 Å². The van der Waals surface area contributed by atoms with Gasteiger partial charge in [0.2, 0.25) is 5.91 Å². The number of likely N-dealkylation sites (N-methyl/N-ethyl adjacent to an activating group) is 1. The summed E-state index contributed by atoms with van der Waals surface area (Å²) in [6.45, 7) is 3.70. The van der Waals surface area contributed by atoms with Gasteiger partial charge in [-0.15, -0.1) is 11.3 Å². The molecule has 0 bridgehead atoms. The zero-order valence-electron chi connectivity index (χ0n) is 10.6. The van der Waals surface area contributed by atoms with Gasteiger partial charge in [0.25, 0.3) is 0 Å². The highest BCUT2D eigenvalue weighted by molar-refractivity contribution is 7.13. The molecule has 0 radical (unpaired) electrons. The fourth-order valence-corrected chi connectivity index (χ4v) is 2.38. The third-order valence-corrected chi connectivity index (χ3v) is 3.26. The Balaban J connectivity index is 2.64. The third-order valence-electron chi connectivity index (χ3n) is 2.45. The molecule has 7 heteroatoms. The summed E-state index contributed by atoms with van der Waals surface area (Å²) in [7, 11) is 1.75. The molecule has 18 heavy (non-hydrogen) atoms. The number of carbonyl (C=O) groups is 2. The SMILES string of the molecule is CCC(C(=O)O)N(C)Cc1csc(NC(C)=O)n1. The number of aliphatic carboxylic acids is 1. The van der Waals surface area contributed by atoms with E-state index in [1.54, 1.807) is 11.9 Å². The largest absolute Gasteiger partial charge is 0.480 e. The lowest BCUT2D eigenvalue weighted by atomic mass is 10.2. The Morgan fingerprint density at radius 3 is 2.78 bits per heavy atom. The van der Waals surface area contributed by atoms with E-state index in [0.29, 0.717) is 18.1 Å². The predicted octanol–water partition coefficient (Wildman–Crippen LogP) is 1.40. The van der Waals surface area contributed by atoms with E-state index >= 15 is 0 Å². The molecule has 0 saturated carbocycles. The van der Waals surface area contributed by atoms with E-state index < -0.39 is 12.0 Å². The first-order valence-corrected chi connectivity index (χ1v) is 6.47. The number of nitrogens with one attached hydrogen (secondary N) is 1. The van der Waals surface area contributed by atoms with E-state index in [9.17, 15) is 9.59 Å². The van der Waals surface area contributed by atoms with Crippen LogP contribution in [0, 0.1) is 0 Å². The second-order valence-electron chi connectivity index (χ2n) is 4.00. The summed E-state index contributed by atoms with van der Waals surface area (Å²) >= 11 is 1.33. The van der Waals surface area contributed by atoms with Gasteiger partial charge < -0.3 is 10.4 Å². The summed E-state index contributed by atoms with van der Waals surface area (Å²) in [4.78, 5) is 27.8. The Hall–Kier alpha value is -1.47. The number of anilines is 1. The Morgan fingerprint density at radius 2 is 2.28 bits per heavy atom. The smallest absolute Gasteiger partial charge is 0.320 e. The van der Waals surface area contributed by atoms with Crippen LogP contribution in [0.4, 0.5) is 5.13 Å². The monoisotopic (exact) mass is 271 g/mol. The third kappa shape index (κ3) is 4.08. The van der Waals surface area contributed by atoms with Crippen LogP contribution in [0.2, 0.25) is 0 Å². The molecule has 0 fully saturated rings. The number of thiazole rings is 1. The molecule has 0 saturated heterocycles. The maximum Gasteiger partial charge on any atom is 0.320 e. The van der Waals surface area contributed by atoms with Crippen LogP contribution in [-0.4, -0.2) is 40.0 Å². The average molecular weight is 271 g/mol. The number of carboxylic acid groups (broad SMARTS) is 1.